The van der Waals surface area contributed by atoms with Gasteiger partial charge in [0.15, 0.2) is 4.67 Å². The highest BCUT2D eigenvalue weighted by atomic mass is 79.9. The molecule has 0 saturated carbocycles. The van der Waals surface area contributed by atoms with Crippen LogP contribution in [0.25, 0.3) is 0 Å². The van der Waals surface area contributed by atoms with Crippen LogP contribution in [-0.4, -0.2) is 23.5 Å². The summed E-state index contributed by atoms with van der Waals surface area (Å²) >= 11 is 6.49. The maximum atomic E-state index is 10.5. The van der Waals surface area contributed by atoms with Crippen LogP contribution in [0.3, 0.4) is 0 Å². The lowest BCUT2D eigenvalue weighted by molar-refractivity contribution is -0.137. The number of carbonyl (C=O) groups excluding carboxylic acids is 1. The van der Waals surface area contributed by atoms with Crippen molar-refractivity contribution in [2.24, 2.45) is 0 Å². The van der Waals surface area contributed by atoms with E-state index in [1.54, 1.807) is 6.07 Å². The summed E-state index contributed by atoms with van der Waals surface area (Å²) in [5, 5.41) is 11.2. The maximum absolute atomic E-state index is 10.5. The minimum atomic E-state index is -0.885. The molecule has 1 amide bonds. The van der Waals surface area contributed by atoms with E-state index in [0.29, 0.717) is 29.7 Å². The van der Waals surface area contributed by atoms with Crippen molar-refractivity contribution in [3.05, 3.63) is 21.0 Å². The van der Waals surface area contributed by atoms with Gasteiger partial charge in [-0.2, -0.15) is 0 Å². The Morgan fingerprint density at radius 3 is 2.76 bits per heavy atom. The minimum absolute atomic E-state index is 0.00849. The van der Waals surface area contributed by atoms with E-state index in [1.807, 2.05) is 0 Å². The van der Waals surface area contributed by atoms with Gasteiger partial charge in [0.25, 0.3) is 0 Å². The third-order valence-corrected chi connectivity index (χ3v) is 3.86. The zero-order valence-electron chi connectivity index (χ0n) is 8.78. The number of carboxylic acids is 1. The largest absolute Gasteiger partial charge is 0.481 e. The molecule has 0 aliphatic carbocycles. The second-order valence-electron chi connectivity index (χ2n) is 3.45. The molecule has 5 nitrogen and oxygen atoms in total. The SMILES string of the molecule is O=CNC(CCC(=O)O)Cc1cc(Br)c(Br)o1. The van der Waals surface area contributed by atoms with Crippen molar-refractivity contribution in [3.8, 4) is 0 Å². The Hall–Kier alpha value is -0.820. The van der Waals surface area contributed by atoms with Crippen LogP contribution < -0.4 is 5.32 Å². The summed E-state index contributed by atoms with van der Waals surface area (Å²) < 4.78 is 6.73. The van der Waals surface area contributed by atoms with Crippen LogP contribution in [0.2, 0.25) is 0 Å². The molecule has 0 bridgehead atoms. The molecule has 7 heteroatoms. The fourth-order valence-electron chi connectivity index (χ4n) is 1.37. The fraction of sp³-hybridized carbons (Fsp3) is 0.400. The van der Waals surface area contributed by atoms with E-state index < -0.39 is 5.97 Å². The van der Waals surface area contributed by atoms with Gasteiger partial charge in [-0.05, 0) is 44.3 Å². The molecule has 0 aromatic carbocycles. The zero-order chi connectivity index (χ0) is 12.8. The first-order valence-electron chi connectivity index (χ1n) is 4.88. The monoisotopic (exact) mass is 367 g/mol. The van der Waals surface area contributed by atoms with Gasteiger partial charge in [-0.3, -0.25) is 9.59 Å². The van der Waals surface area contributed by atoms with Gasteiger partial charge in [0.1, 0.15) is 5.76 Å². The first-order chi connectivity index (χ1) is 8.02. The molecule has 1 aromatic heterocycles. The Kier molecular flexibility index (Phi) is 5.70. The minimum Gasteiger partial charge on any atom is -0.481 e. The lowest BCUT2D eigenvalue weighted by Gasteiger charge is -2.12. The van der Waals surface area contributed by atoms with Crippen molar-refractivity contribution in [2.45, 2.75) is 25.3 Å². The Balaban J connectivity index is 2.59. The summed E-state index contributed by atoms with van der Waals surface area (Å²) in [6.07, 6.45) is 1.40. The number of hydrogen-bond donors (Lipinski definition) is 2. The highest BCUT2D eigenvalue weighted by molar-refractivity contribution is 9.13. The maximum Gasteiger partial charge on any atom is 0.303 e. The number of carbonyl (C=O) groups is 2. The first kappa shape index (κ1) is 14.2. The van der Waals surface area contributed by atoms with Crippen LogP contribution in [0.15, 0.2) is 19.6 Å². The molecule has 1 rings (SSSR count). The second kappa shape index (κ2) is 6.80. The number of amides is 1. The van der Waals surface area contributed by atoms with E-state index >= 15 is 0 Å². The molecular formula is C10H11Br2NO4. The van der Waals surface area contributed by atoms with Gasteiger partial charge >= 0.3 is 5.97 Å². The number of nitrogens with one attached hydrogen (secondary N) is 1. The molecule has 0 radical (unpaired) electrons. The van der Waals surface area contributed by atoms with Gasteiger partial charge in [-0.25, -0.2) is 0 Å². The molecule has 1 aromatic rings. The van der Waals surface area contributed by atoms with E-state index in [2.05, 4.69) is 37.2 Å². The highest BCUT2D eigenvalue weighted by Crippen LogP contribution is 2.27. The molecule has 0 aliphatic heterocycles. The van der Waals surface area contributed by atoms with E-state index in [1.165, 1.54) is 0 Å². The van der Waals surface area contributed by atoms with Crippen LogP contribution in [0.5, 0.6) is 0 Å². The summed E-state index contributed by atoms with van der Waals surface area (Å²) in [5.41, 5.74) is 0. The number of hydrogen-bond acceptors (Lipinski definition) is 3. The van der Waals surface area contributed by atoms with Gasteiger partial charge < -0.3 is 14.8 Å². The molecule has 94 valence electrons. The number of furan rings is 1. The van der Waals surface area contributed by atoms with E-state index in [4.69, 9.17) is 9.52 Å². The molecule has 0 aliphatic rings. The number of halogens is 2. The molecule has 2 N–H and O–H groups in total. The Bertz CT molecular complexity index is 386. The third-order valence-electron chi connectivity index (χ3n) is 2.15. The van der Waals surface area contributed by atoms with E-state index in [9.17, 15) is 9.59 Å². The quantitative estimate of drug-likeness (QED) is 0.724. The van der Waals surface area contributed by atoms with E-state index in [0.717, 1.165) is 4.47 Å². The van der Waals surface area contributed by atoms with Crippen LogP contribution in [0.4, 0.5) is 0 Å². The number of carboxylic acid groups (broad SMARTS) is 1. The molecular weight excluding hydrogens is 358 g/mol. The van der Waals surface area contributed by atoms with Gasteiger partial charge in [0.05, 0.1) is 4.47 Å². The van der Waals surface area contributed by atoms with Crippen LogP contribution in [0.1, 0.15) is 18.6 Å². The zero-order valence-corrected chi connectivity index (χ0v) is 12.0. The summed E-state index contributed by atoms with van der Waals surface area (Å²) in [6.45, 7) is 0. The average molecular weight is 369 g/mol. The first-order valence-corrected chi connectivity index (χ1v) is 6.46. The Labute approximate surface area is 115 Å². The molecule has 1 unspecified atom stereocenters. The molecule has 17 heavy (non-hydrogen) atoms. The smallest absolute Gasteiger partial charge is 0.303 e. The molecule has 0 saturated heterocycles. The number of aliphatic carboxylic acids is 1. The highest BCUT2D eigenvalue weighted by Gasteiger charge is 2.14. The number of rotatable bonds is 7. The van der Waals surface area contributed by atoms with E-state index in [-0.39, 0.29) is 12.5 Å². The summed E-state index contributed by atoms with van der Waals surface area (Å²) in [6, 6.07) is 1.54. The third kappa shape index (κ3) is 4.91. The Morgan fingerprint density at radius 2 is 2.29 bits per heavy atom. The topological polar surface area (TPSA) is 79.5 Å². The van der Waals surface area contributed by atoms with Crippen molar-refractivity contribution in [1.29, 1.82) is 0 Å². The standard InChI is InChI=1S/C10H11Br2NO4/c11-8-4-7(17-10(8)12)3-6(13-5-14)1-2-9(15)16/h4-6H,1-3H2,(H,13,14)(H,15,16). The summed E-state index contributed by atoms with van der Waals surface area (Å²) in [5.74, 6) is -0.210. The van der Waals surface area contributed by atoms with Crippen molar-refractivity contribution < 1.29 is 19.1 Å². The van der Waals surface area contributed by atoms with Crippen LogP contribution in [0, 0.1) is 0 Å². The van der Waals surface area contributed by atoms with Crippen LogP contribution in [-0.2, 0) is 16.0 Å². The molecule has 1 atom stereocenters. The van der Waals surface area contributed by atoms with Gasteiger partial charge in [0.2, 0.25) is 6.41 Å². The van der Waals surface area contributed by atoms with Gasteiger partial charge in [0, 0.05) is 18.9 Å². The van der Waals surface area contributed by atoms with Crippen molar-refractivity contribution in [1.82, 2.24) is 5.32 Å². The van der Waals surface area contributed by atoms with Crippen molar-refractivity contribution in [3.63, 3.8) is 0 Å². The summed E-state index contributed by atoms with van der Waals surface area (Å²) in [7, 11) is 0. The van der Waals surface area contributed by atoms with Crippen molar-refractivity contribution in [2.75, 3.05) is 0 Å². The van der Waals surface area contributed by atoms with Crippen molar-refractivity contribution >= 4 is 44.2 Å². The van der Waals surface area contributed by atoms with Gasteiger partial charge in [-0.1, -0.05) is 0 Å². The lowest BCUT2D eigenvalue weighted by Crippen LogP contribution is -2.30. The molecule has 0 spiro atoms. The summed E-state index contributed by atoms with van der Waals surface area (Å²) in [4.78, 5) is 20.9. The molecule has 1 heterocycles. The van der Waals surface area contributed by atoms with Crippen LogP contribution >= 0.6 is 31.9 Å². The lowest BCUT2D eigenvalue weighted by atomic mass is 10.1. The second-order valence-corrected chi connectivity index (χ2v) is 5.03. The fourth-order valence-corrected chi connectivity index (χ4v) is 2.03. The Morgan fingerprint density at radius 1 is 1.59 bits per heavy atom. The molecule has 0 fully saturated rings. The predicted octanol–water partition coefficient (Wildman–Crippen LogP) is 2.33. The predicted molar refractivity (Wildman–Crippen MR) is 67.7 cm³/mol. The normalized spacial score (nSPS) is 12.1. The van der Waals surface area contributed by atoms with Gasteiger partial charge in [-0.15, -0.1) is 0 Å². The average Bonchev–Trinajstić information content (AvgIpc) is 2.55.